The average molecular weight is 402 g/mol. The molecule has 5 nitrogen and oxygen atoms in total. The molecule has 144 valence electrons. The summed E-state index contributed by atoms with van der Waals surface area (Å²) in [7, 11) is 0. The van der Waals surface area contributed by atoms with Gasteiger partial charge in [0.1, 0.15) is 5.69 Å². The van der Waals surface area contributed by atoms with E-state index in [1.807, 2.05) is 0 Å². The van der Waals surface area contributed by atoms with Crippen molar-refractivity contribution in [2.24, 2.45) is 5.41 Å². The molecule has 1 saturated heterocycles. The number of nitrogens with zero attached hydrogens (tertiary/aromatic N) is 2. The van der Waals surface area contributed by atoms with Crippen LogP contribution in [0.5, 0.6) is 0 Å². The molecule has 1 aromatic rings. The molecule has 1 fully saturated rings. The number of carbonyl (C=O) groups excluding carboxylic acids is 1. The van der Waals surface area contributed by atoms with Gasteiger partial charge in [0.15, 0.2) is 11.6 Å². The maximum atomic E-state index is 15.1. The lowest BCUT2D eigenvalue weighted by atomic mass is 9.96. The minimum Gasteiger partial charge on any atom is -0.381 e. The van der Waals surface area contributed by atoms with Crippen LogP contribution in [0, 0.1) is 11.2 Å². The van der Waals surface area contributed by atoms with Gasteiger partial charge in [0.25, 0.3) is 5.91 Å². The van der Waals surface area contributed by atoms with E-state index in [9.17, 15) is 4.79 Å². The summed E-state index contributed by atoms with van der Waals surface area (Å²) in [6.07, 6.45) is 1.37. The second-order valence-electron chi connectivity index (χ2n) is 7.25. The number of thioether (sulfide) groups is 1. The number of hydrogen-bond donors (Lipinski definition) is 1. The molecule has 0 radical (unpaired) electrons. The Bertz CT molecular complexity index is 706. The Kier molecular flexibility index (Phi) is 6.93. The van der Waals surface area contributed by atoms with Crippen molar-refractivity contribution in [2.45, 2.75) is 39.5 Å². The summed E-state index contributed by atoms with van der Waals surface area (Å²) < 4.78 is 22.0. The molecule has 0 spiro atoms. The second-order valence-corrected chi connectivity index (χ2v) is 9.21. The van der Waals surface area contributed by atoms with Crippen LogP contribution >= 0.6 is 23.4 Å². The number of halogens is 2. The molecule has 1 N–H and O–H groups in total. The first-order valence-corrected chi connectivity index (χ1v) is 9.65. The van der Waals surface area contributed by atoms with E-state index < -0.39 is 11.2 Å². The van der Waals surface area contributed by atoms with Crippen LogP contribution in [-0.2, 0) is 4.74 Å². The monoisotopic (exact) mass is 401 g/mol. The third kappa shape index (κ3) is 5.11. The Morgan fingerprint density at radius 3 is 2.58 bits per heavy atom. The molecule has 0 amide bonds. The maximum Gasteiger partial charge on any atom is 0.254 e. The Balaban J connectivity index is 2.33. The summed E-state index contributed by atoms with van der Waals surface area (Å²) in [5.74, 6) is -0.763. The molecule has 0 saturated carbocycles. The highest BCUT2D eigenvalue weighted by Crippen LogP contribution is 2.33. The number of aromatic nitrogens is 2. The molecular formula is C18H25ClFN3O2S. The number of anilines is 1. The molecule has 0 aromatic carbocycles. The zero-order chi connectivity index (χ0) is 19.5. The smallest absolute Gasteiger partial charge is 0.254 e. The second kappa shape index (κ2) is 8.59. The summed E-state index contributed by atoms with van der Waals surface area (Å²) in [6.45, 7) is 14.2. The van der Waals surface area contributed by atoms with Crippen LogP contribution in [0.4, 0.5) is 10.2 Å². The van der Waals surface area contributed by atoms with Gasteiger partial charge in [0, 0.05) is 36.0 Å². The SMILES string of the molecule is C=C(Cl)SC(=C)CNc1c(F)c(C2CCOCC2)nn1C(=O)C(C)(C)C. The largest absolute Gasteiger partial charge is 0.381 e. The van der Waals surface area contributed by atoms with E-state index in [4.69, 9.17) is 16.3 Å². The molecule has 1 aliphatic rings. The predicted octanol–water partition coefficient (Wildman–Crippen LogP) is 4.97. The first kappa shape index (κ1) is 21.0. The van der Waals surface area contributed by atoms with E-state index in [1.54, 1.807) is 20.8 Å². The van der Waals surface area contributed by atoms with Crippen molar-refractivity contribution < 1.29 is 13.9 Å². The Labute approximate surface area is 163 Å². The maximum absolute atomic E-state index is 15.1. The molecule has 1 aromatic heterocycles. The van der Waals surface area contributed by atoms with Crippen LogP contribution in [0.1, 0.15) is 50.0 Å². The highest BCUT2D eigenvalue weighted by molar-refractivity contribution is 8.08. The number of rotatable bonds is 6. The molecule has 2 rings (SSSR count). The lowest BCUT2D eigenvalue weighted by Gasteiger charge is -2.20. The number of hydrogen-bond acceptors (Lipinski definition) is 5. The summed E-state index contributed by atoms with van der Waals surface area (Å²) in [5, 5.41) is 7.29. The van der Waals surface area contributed by atoms with Gasteiger partial charge in [-0.15, -0.1) is 0 Å². The molecule has 1 aliphatic heterocycles. The summed E-state index contributed by atoms with van der Waals surface area (Å²) >= 11 is 6.95. The molecule has 26 heavy (non-hydrogen) atoms. The van der Waals surface area contributed by atoms with Crippen molar-refractivity contribution in [2.75, 3.05) is 25.1 Å². The van der Waals surface area contributed by atoms with Gasteiger partial charge in [-0.2, -0.15) is 9.78 Å². The van der Waals surface area contributed by atoms with Gasteiger partial charge in [0.05, 0.1) is 4.36 Å². The van der Waals surface area contributed by atoms with Crippen LogP contribution < -0.4 is 5.32 Å². The quantitative estimate of drug-likeness (QED) is 0.729. The van der Waals surface area contributed by atoms with Gasteiger partial charge in [-0.05, 0) is 12.8 Å². The zero-order valence-corrected chi connectivity index (χ0v) is 17.0. The van der Waals surface area contributed by atoms with E-state index in [1.165, 1.54) is 11.8 Å². The van der Waals surface area contributed by atoms with Crippen LogP contribution in [-0.4, -0.2) is 35.4 Å². The van der Waals surface area contributed by atoms with Gasteiger partial charge in [-0.1, -0.05) is 57.3 Å². The van der Waals surface area contributed by atoms with Crippen molar-refractivity contribution in [3.63, 3.8) is 0 Å². The lowest BCUT2D eigenvalue weighted by Crippen LogP contribution is -2.29. The van der Waals surface area contributed by atoms with Gasteiger partial charge in [-0.25, -0.2) is 4.39 Å². The standard InChI is InChI=1S/C18H25ClFN3O2S/c1-11(26-12(2)19)10-21-16-14(20)15(13-6-8-25-9-7-13)22-23(16)17(24)18(3,4)5/h13,21H,1-2,6-10H2,3-5H3. The third-order valence-electron chi connectivity index (χ3n) is 4.00. The van der Waals surface area contributed by atoms with Crippen LogP contribution in [0.2, 0.25) is 0 Å². The first-order valence-electron chi connectivity index (χ1n) is 8.46. The fraction of sp³-hybridized carbons (Fsp3) is 0.556. The molecule has 0 unspecified atom stereocenters. The Morgan fingerprint density at radius 2 is 2.04 bits per heavy atom. The van der Waals surface area contributed by atoms with E-state index in [0.717, 1.165) is 4.68 Å². The summed E-state index contributed by atoms with van der Waals surface area (Å²) in [6, 6.07) is 0. The third-order valence-corrected chi connectivity index (χ3v) is 4.89. The van der Waals surface area contributed by atoms with Crippen LogP contribution in [0.3, 0.4) is 0 Å². The fourth-order valence-electron chi connectivity index (χ4n) is 2.64. The van der Waals surface area contributed by atoms with E-state index in [-0.39, 0.29) is 24.2 Å². The Hall–Kier alpha value is -1.31. The highest BCUT2D eigenvalue weighted by Gasteiger charge is 2.32. The highest BCUT2D eigenvalue weighted by atomic mass is 35.5. The fourth-order valence-corrected chi connectivity index (χ4v) is 3.42. The molecule has 8 heteroatoms. The minimum absolute atomic E-state index is 0.0569. The summed E-state index contributed by atoms with van der Waals surface area (Å²) in [4.78, 5) is 13.4. The van der Waals surface area contributed by atoms with Gasteiger partial charge < -0.3 is 10.1 Å². The number of carbonyl (C=O) groups is 1. The molecular weight excluding hydrogens is 377 g/mol. The van der Waals surface area contributed by atoms with E-state index >= 15 is 4.39 Å². The molecule has 2 heterocycles. The molecule has 0 bridgehead atoms. The van der Waals surface area contributed by atoms with Crippen molar-refractivity contribution in [3.8, 4) is 0 Å². The van der Waals surface area contributed by atoms with Gasteiger partial charge in [-0.3, -0.25) is 4.79 Å². The number of nitrogens with one attached hydrogen (secondary N) is 1. The molecule has 0 atom stereocenters. The van der Waals surface area contributed by atoms with Crippen LogP contribution in [0.25, 0.3) is 0 Å². The van der Waals surface area contributed by atoms with Crippen molar-refractivity contribution in [3.05, 3.63) is 33.9 Å². The van der Waals surface area contributed by atoms with Gasteiger partial charge in [0.2, 0.25) is 0 Å². The van der Waals surface area contributed by atoms with Gasteiger partial charge >= 0.3 is 0 Å². The molecule has 0 aliphatic carbocycles. The Morgan fingerprint density at radius 1 is 1.42 bits per heavy atom. The minimum atomic E-state index is -0.696. The van der Waals surface area contributed by atoms with E-state index in [0.29, 0.717) is 41.0 Å². The van der Waals surface area contributed by atoms with Crippen molar-refractivity contribution >= 4 is 35.1 Å². The zero-order valence-electron chi connectivity index (χ0n) is 15.4. The van der Waals surface area contributed by atoms with Crippen molar-refractivity contribution in [1.29, 1.82) is 0 Å². The predicted molar refractivity (Wildman–Crippen MR) is 105 cm³/mol. The van der Waals surface area contributed by atoms with Crippen LogP contribution in [0.15, 0.2) is 22.4 Å². The van der Waals surface area contributed by atoms with E-state index in [2.05, 4.69) is 23.6 Å². The lowest BCUT2D eigenvalue weighted by molar-refractivity contribution is 0.0746. The average Bonchev–Trinajstić information content (AvgIpc) is 2.88. The number of ether oxygens (including phenoxy) is 1. The topological polar surface area (TPSA) is 56.1 Å². The normalized spacial score (nSPS) is 15.7. The first-order chi connectivity index (χ1) is 12.1. The summed E-state index contributed by atoms with van der Waals surface area (Å²) in [5.41, 5.74) is -0.383. The van der Waals surface area contributed by atoms with Crippen molar-refractivity contribution in [1.82, 2.24) is 9.78 Å².